The van der Waals surface area contributed by atoms with Gasteiger partial charge in [-0.25, -0.2) is 4.79 Å². The molecule has 0 spiro atoms. The topological polar surface area (TPSA) is 35.5 Å². The second kappa shape index (κ2) is 9.68. The third kappa shape index (κ3) is 4.28. The van der Waals surface area contributed by atoms with Crippen LogP contribution in [-0.4, -0.2) is 18.2 Å². The van der Waals surface area contributed by atoms with Crippen molar-refractivity contribution >= 4 is 5.97 Å². The van der Waals surface area contributed by atoms with Gasteiger partial charge in [-0.1, -0.05) is 75.7 Å². The van der Waals surface area contributed by atoms with Gasteiger partial charge in [0.05, 0.1) is 11.7 Å². The molecule has 3 nitrogen and oxygen atoms in total. The largest absolute Gasteiger partial charge is 0.490 e. The molecule has 0 unspecified atom stereocenters. The lowest BCUT2D eigenvalue weighted by molar-refractivity contribution is -0.0994. The molecule has 0 aliphatic heterocycles. The quantitative estimate of drug-likeness (QED) is 0.366. The first-order valence-corrected chi connectivity index (χ1v) is 15.1. The summed E-state index contributed by atoms with van der Waals surface area (Å²) in [4.78, 5) is 13.0. The van der Waals surface area contributed by atoms with E-state index in [1.165, 1.54) is 12.8 Å². The molecule has 6 atom stereocenters. The number of esters is 1. The van der Waals surface area contributed by atoms with Crippen LogP contribution in [0.3, 0.4) is 0 Å². The maximum absolute atomic E-state index is 13.0. The average molecular weight is 525 g/mol. The third-order valence-corrected chi connectivity index (χ3v) is 11.3. The van der Waals surface area contributed by atoms with E-state index in [2.05, 4.69) is 65.0 Å². The lowest BCUT2D eigenvalue weighted by Crippen LogP contribution is -2.54. The molecule has 0 N–H and O–H groups in total. The molecule has 6 rings (SSSR count). The fourth-order valence-corrected chi connectivity index (χ4v) is 9.19. The van der Waals surface area contributed by atoms with E-state index in [9.17, 15) is 4.79 Å². The van der Waals surface area contributed by atoms with E-state index in [1.54, 1.807) is 16.7 Å². The molecule has 0 aromatic heterocycles. The van der Waals surface area contributed by atoms with E-state index in [0.717, 1.165) is 37.9 Å². The molecule has 2 aromatic carbocycles. The normalized spacial score (nSPS) is 33.8. The molecular weight excluding hydrogens is 480 g/mol. The van der Waals surface area contributed by atoms with Crippen molar-refractivity contribution < 1.29 is 14.3 Å². The summed E-state index contributed by atoms with van der Waals surface area (Å²) in [5, 5.41) is 0. The molecule has 0 radical (unpaired) electrons. The van der Waals surface area contributed by atoms with Gasteiger partial charge in [-0.05, 0) is 104 Å². The summed E-state index contributed by atoms with van der Waals surface area (Å²) >= 11 is 0. The average Bonchev–Trinajstić information content (AvgIpc) is 3.29. The van der Waals surface area contributed by atoms with E-state index < -0.39 is 0 Å². The first-order valence-electron chi connectivity index (χ1n) is 15.1. The highest BCUT2D eigenvalue weighted by molar-refractivity contribution is 5.89. The number of hydrogen-bond donors (Lipinski definition) is 0. The smallest absolute Gasteiger partial charge is 0.338 e. The number of ether oxygens (including phenoxy) is 2. The summed E-state index contributed by atoms with van der Waals surface area (Å²) < 4.78 is 12.7. The van der Waals surface area contributed by atoms with Gasteiger partial charge < -0.3 is 9.47 Å². The van der Waals surface area contributed by atoms with Gasteiger partial charge in [0.1, 0.15) is 11.9 Å². The van der Waals surface area contributed by atoms with Crippen LogP contribution in [0.25, 0.3) is 0 Å². The summed E-state index contributed by atoms with van der Waals surface area (Å²) in [5.41, 5.74) is 5.91. The Morgan fingerprint density at radius 1 is 0.872 bits per heavy atom. The van der Waals surface area contributed by atoms with E-state index in [-0.39, 0.29) is 34.4 Å². The molecule has 0 amide bonds. The molecule has 0 bridgehead atoms. The lowest BCUT2D eigenvalue weighted by atomic mass is 9.46. The number of para-hydroxylation sites is 1. The van der Waals surface area contributed by atoms with E-state index in [4.69, 9.17) is 9.47 Å². The van der Waals surface area contributed by atoms with Crippen molar-refractivity contribution in [2.75, 3.05) is 0 Å². The van der Waals surface area contributed by atoms with E-state index in [1.807, 2.05) is 36.4 Å². The van der Waals surface area contributed by atoms with Crippen LogP contribution in [0.4, 0.5) is 0 Å². The zero-order valence-electron chi connectivity index (χ0n) is 24.3. The van der Waals surface area contributed by atoms with Crippen molar-refractivity contribution in [2.24, 2.45) is 28.1 Å². The van der Waals surface area contributed by atoms with Gasteiger partial charge in [-0.3, -0.25) is 0 Å². The van der Waals surface area contributed by atoms with Gasteiger partial charge in [0.25, 0.3) is 0 Å². The SMILES string of the molecule is C[C@@H](Oc1ccccc1)[C@H]1CC=C2C3=C(CC[C@@]21C)[C@@]1(C)CC[C@H](OC(=O)c2ccccc2)C(C)(C)[C@@H]1CC3. The Hall–Kier alpha value is -2.81. The maximum Gasteiger partial charge on any atom is 0.338 e. The van der Waals surface area contributed by atoms with Gasteiger partial charge in [-0.15, -0.1) is 0 Å². The van der Waals surface area contributed by atoms with Crippen molar-refractivity contribution in [2.45, 2.75) is 91.8 Å². The van der Waals surface area contributed by atoms with Crippen molar-refractivity contribution in [3.05, 3.63) is 89.0 Å². The highest BCUT2D eigenvalue weighted by Crippen LogP contribution is 2.66. The van der Waals surface area contributed by atoms with Gasteiger partial charge >= 0.3 is 5.97 Å². The minimum atomic E-state index is -0.185. The van der Waals surface area contributed by atoms with Gasteiger partial charge in [0.2, 0.25) is 0 Å². The molecule has 39 heavy (non-hydrogen) atoms. The van der Waals surface area contributed by atoms with Crippen LogP contribution in [0, 0.1) is 28.1 Å². The maximum atomic E-state index is 13.0. The summed E-state index contributed by atoms with van der Waals surface area (Å²) in [6.07, 6.45) is 10.5. The molecule has 1 saturated carbocycles. The highest BCUT2D eigenvalue weighted by Gasteiger charge is 2.58. The summed E-state index contributed by atoms with van der Waals surface area (Å²) in [5.74, 6) is 1.79. The Morgan fingerprint density at radius 2 is 1.56 bits per heavy atom. The fourth-order valence-electron chi connectivity index (χ4n) is 9.19. The third-order valence-electron chi connectivity index (χ3n) is 11.3. The predicted octanol–water partition coefficient (Wildman–Crippen LogP) is 8.96. The second-order valence-electron chi connectivity index (χ2n) is 13.6. The number of fused-ring (bicyclic) bond motifs is 4. The molecule has 4 aliphatic carbocycles. The number of rotatable bonds is 5. The number of allylic oxidation sites excluding steroid dienone is 4. The zero-order valence-corrected chi connectivity index (χ0v) is 24.3. The van der Waals surface area contributed by atoms with Gasteiger partial charge in [0.15, 0.2) is 0 Å². The molecule has 4 aliphatic rings. The fraction of sp³-hybridized carbons (Fsp3) is 0.528. The Balaban J connectivity index is 1.23. The number of hydrogen-bond acceptors (Lipinski definition) is 3. The van der Waals surface area contributed by atoms with Crippen LogP contribution in [0.5, 0.6) is 5.75 Å². The standard InChI is InChI=1S/C36H44O3/c1-24(38-26-14-10-7-11-15-26)28-17-18-29-27-16-19-31-34(2,3)32(39-33(37)25-12-8-6-9-13-25)21-23-36(31,5)30(27)20-22-35(28,29)4/h6-15,18,24,28,31-32H,16-17,19-23H2,1-5H3/t24-,28-,31+,32+,35-,36-/m1/s1. The van der Waals surface area contributed by atoms with Crippen LogP contribution in [0.1, 0.15) is 89.9 Å². The van der Waals surface area contributed by atoms with Gasteiger partial charge in [-0.2, -0.15) is 0 Å². The second-order valence-corrected chi connectivity index (χ2v) is 13.6. The van der Waals surface area contributed by atoms with E-state index in [0.29, 0.717) is 17.4 Å². The van der Waals surface area contributed by atoms with Crippen LogP contribution in [0.2, 0.25) is 0 Å². The molecule has 1 fully saturated rings. The lowest BCUT2D eigenvalue weighted by Gasteiger charge is -2.59. The number of carbonyl (C=O) groups excluding carboxylic acids is 1. The Kier molecular flexibility index (Phi) is 6.56. The summed E-state index contributed by atoms with van der Waals surface area (Å²) in [6.45, 7) is 12.0. The molecule has 3 heteroatoms. The Labute approximate surface area is 234 Å². The first-order chi connectivity index (χ1) is 18.6. The number of benzene rings is 2. The van der Waals surface area contributed by atoms with Crippen LogP contribution >= 0.6 is 0 Å². The van der Waals surface area contributed by atoms with E-state index >= 15 is 0 Å². The van der Waals surface area contributed by atoms with Gasteiger partial charge in [0, 0.05) is 11.3 Å². The summed E-state index contributed by atoms with van der Waals surface area (Å²) in [7, 11) is 0. The minimum Gasteiger partial charge on any atom is -0.490 e. The molecule has 206 valence electrons. The van der Waals surface area contributed by atoms with Crippen molar-refractivity contribution in [1.29, 1.82) is 0 Å². The van der Waals surface area contributed by atoms with Crippen LogP contribution in [0.15, 0.2) is 83.5 Å². The Bertz CT molecular complexity index is 1290. The molecule has 2 aromatic rings. The Morgan fingerprint density at radius 3 is 2.28 bits per heavy atom. The molecular formula is C36H44O3. The zero-order chi connectivity index (χ0) is 27.4. The predicted molar refractivity (Wildman–Crippen MR) is 157 cm³/mol. The number of carbonyl (C=O) groups is 1. The first kappa shape index (κ1) is 26.4. The molecule has 0 heterocycles. The summed E-state index contributed by atoms with van der Waals surface area (Å²) in [6, 6.07) is 19.7. The monoisotopic (exact) mass is 524 g/mol. The minimum absolute atomic E-state index is 0.0506. The van der Waals surface area contributed by atoms with Crippen molar-refractivity contribution in [1.82, 2.24) is 0 Å². The van der Waals surface area contributed by atoms with Crippen LogP contribution in [-0.2, 0) is 4.74 Å². The highest BCUT2D eigenvalue weighted by atomic mass is 16.5. The van der Waals surface area contributed by atoms with Crippen molar-refractivity contribution in [3.8, 4) is 5.75 Å². The molecule has 0 saturated heterocycles. The van der Waals surface area contributed by atoms with Crippen molar-refractivity contribution in [3.63, 3.8) is 0 Å². The van der Waals surface area contributed by atoms with Crippen LogP contribution < -0.4 is 4.74 Å².